The molecule has 2 aromatic carbocycles. The normalized spacial score (nSPS) is 22.6. The van der Waals surface area contributed by atoms with Gasteiger partial charge in [-0.15, -0.1) is 0 Å². The van der Waals surface area contributed by atoms with Crippen molar-refractivity contribution < 1.29 is 22.3 Å². The zero-order valence-electron chi connectivity index (χ0n) is 16.8. The molecule has 1 saturated carbocycles. The SMILES string of the molecule is Fc1ccc(-n2c(C3CCOCC3)c(C3CC(C(F)(F)F)C3)c3ccccc32)cc1Cl. The van der Waals surface area contributed by atoms with Crippen LogP contribution in [0.1, 0.15) is 48.8 Å². The summed E-state index contributed by atoms with van der Waals surface area (Å²) in [5, 5.41) is 0.991. The summed E-state index contributed by atoms with van der Waals surface area (Å²) < 4.78 is 61.2. The molecule has 1 aliphatic carbocycles. The van der Waals surface area contributed by atoms with Gasteiger partial charge in [0.05, 0.1) is 16.5 Å². The van der Waals surface area contributed by atoms with Crippen LogP contribution in [-0.2, 0) is 4.74 Å². The number of fused-ring (bicyclic) bond motifs is 1. The third kappa shape index (κ3) is 3.64. The van der Waals surface area contributed by atoms with Crippen LogP contribution < -0.4 is 0 Å². The van der Waals surface area contributed by atoms with Gasteiger partial charge < -0.3 is 9.30 Å². The molecular weight excluding hydrogens is 430 g/mol. The van der Waals surface area contributed by atoms with Crippen LogP contribution in [0.3, 0.4) is 0 Å². The summed E-state index contributed by atoms with van der Waals surface area (Å²) in [6, 6.07) is 12.4. The van der Waals surface area contributed by atoms with Gasteiger partial charge in [-0.1, -0.05) is 29.8 Å². The van der Waals surface area contributed by atoms with Gasteiger partial charge in [0.15, 0.2) is 0 Å². The lowest BCUT2D eigenvalue weighted by molar-refractivity contribution is -0.197. The van der Waals surface area contributed by atoms with E-state index in [1.807, 2.05) is 24.3 Å². The minimum Gasteiger partial charge on any atom is -0.381 e. The van der Waals surface area contributed by atoms with Crippen molar-refractivity contribution in [1.29, 1.82) is 0 Å². The van der Waals surface area contributed by atoms with Crippen LogP contribution >= 0.6 is 11.6 Å². The number of ether oxygens (including phenoxy) is 1. The number of halogens is 5. The van der Waals surface area contributed by atoms with E-state index >= 15 is 0 Å². The predicted molar refractivity (Wildman–Crippen MR) is 113 cm³/mol. The molecule has 5 rings (SSSR count). The highest BCUT2D eigenvalue weighted by Gasteiger charge is 2.49. The van der Waals surface area contributed by atoms with Crippen molar-refractivity contribution >= 4 is 22.5 Å². The Kier molecular flexibility index (Phi) is 5.25. The van der Waals surface area contributed by atoms with Gasteiger partial charge in [-0.3, -0.25) is 0 Å². The summed E-state index contributed by atoms with van der Waals surface area (Å²) in [5.74, 6) is -1.74. The number of hydrogen-bond acceptors (Lipinski definition) is 1. The minimum atomic E-state index is -4.15. The van der Waals surface area contributed by atoms with E-state index < -0.39 is 17.9 Å². The molecule has 7 heteroatoms. The van der Waals surface area contributed by atoms with E-state index in [1.165, 1.54) is 6.07 Å². The van der Waals surface area contributed by atoms with E-state index in [0.717, 1.165) is 40.7 Å². The predicted octanol–water partition coefficient (Wildman–Crippen LogP) is 7.37. The number of para-hydroxylation sites is 1. The van der Waals surface area contributed by atoms with Gasteiger partial charge in [0.25, 0.3) is 0 Å². The van der Waals surface area contributed by atoms with E-state index in [-0.39, 0.29) is 29.7 Å². The van der Waals surface area contributed by atoms with E-state index in [4.69, 9.17) is 16.3 Å². The number of benzene rings is 2. The summed E-state index contributed by atoms with van der Waals surface area (Å²) in [5.41, 5.74) is 3.67. The first-order valence-electron chi connectivity index (χ1n) is 10.6. The first kappa shape index (κ1) is 20.8. The molecule has 1 aromatic heterocycles. The molecule has 0 radical (unpaired) electrons. The zero-order chi connectivity index (χ0) is 21.8. The Morgan fingerprint density at radius 2 is 1.68 bits per heavy atom. The Bertz CT molecular complexity index is 1110. The van der Waals surface area contributed by atoms with Crippen LogP contribution in [0.2, 0.25) is 5.02 Å². The van der Waals surface area contributed by atoms with E-state index in [1.54, 1.807) is 12.1 Å². The fourth-order valence-corrected chi connectivity index (χ4v) is 5.29. The van der Waals surface area contributed by atoms with Crippen molar-refractivity contribution in [1.82, 2.24) is 4.57 Å². The van der Waals surface area contributed by atoms with Gasteiger partial charge >= 0.3 is 6.18 Å². The summed E-state index contributed by atoms with van der Waals surface area (Å²) in [6.45, 7) is 1.23. The molecule has 2 nitrogen and oxygen atoms in total. The average molecular weight is 452 g/mol. The second kappa shape index (κ2) is 7.82. The third-order valence-corrected chi connectivity index (χ3v) is 7.02. The standard InChI is InChI=1S/C24H22ClF4NO/c25-19-13-17(5-6-20(19)26)30-21-4-2-1-3-18(21)22(15-11-16(12-15)24(27,28)29)23(30)14-7-9-31-10-8-14/h1-6,13-16H,7-12H2. The van der Waals surface area contributed by atoms with Crippen molar-refractivity contribution in [3.63, 3.8) is 0 Å². The molecule has 2 aliphatic rings. The molecule has 31 heavy (non-hydrogen) atoms. The summed E-state index contributed by atoms with van der Waals surface area (Å²) in [7, 11) is 0. The molecule has 2 fully saturated rings. The van der Waals surface area contributed by atoms with Crippen molar-refractivity contribution in [2.45, 2.75) is 43.7 Å². The maximum Gasteiger partial charge on any atom is 0.391 e. The second-order valence-corrected chi connectivity index (χ2v) is 8.95. The lowest BCUT2D eigenvalue weighted by atomic mass is 9.69. The fraction of sp³-hybridized carbons (Fsp3) is 0.417. The molecule has 0 atom stereocenters. The van der Waals surface area contributed by atoms with Crippen LogP contribution in [0.15, 0.2) is 42.5 Å². The molecule has 1 aliphatic heterocycles. The average Bonchev–Trinajstić information content (AvgIpc) is 3.04. The molecule has 3 aromatic rings. The first-order valence-corrected chi connectivity index (χ1v) is 11.0. The second-order valence-electron chi connectivity index (χ2n) is 8.54. The monoisotopic (exact) mass is 451 g/mol. The quantitative estimate of drug-likeness (QED) is 0.379. The summed E-state index contributed by atoms with van der Waals surface area (Å²) >= 11 is 6.10. The molecule has 1 saturated heterocycles. The number of aromatic nitrogens is 1. The maximum absolute atomic E-state index is 13.9. The highest BCUT2D eigenvalue weighted by Crippen LogP contribution is 2.54. The minimum absolute atomic E-state index is 0.0236. The largest absolute Gasteiger partial charge is 0.391 e. The van der Waals surface area contributed by atoms with Crippen LogP contribution in [0.4, 0.5) is 17.6 Å². The van der Waals surface area contributed by atoms with Gasteiger partial charge in [-0.05, 0) is 61.4 Å². The van der Waals surface area contributed by atoms with Crippen LogP contribution in [0, 0.1) is 11.7 Å². The first-order chi connectivity index (χ1) is 14.8. The Balaban J connectivity index is 1.71. The van der Waals surface area contributed by atoms with Crippen LogP contribution in [-0.4, -0.2) is 24.0 Å². The lowest BCUT2D eigenvalue weighted by Crippen LogP contribution is -2.35. The molecular formula is C24H22ClF4NO. The van der Waals surface area contributed by atoms with Gasteiger partial charge in [-0.2, -0.15) is 13.2 Å². The van der Waals surface area contributed by atoms with Gasteiger partial charge in [-0.25, -0.2) is 4.39 Å². The molecule has 0 amide bonds. The van der Waals surface area contributed by atoms with Crippen molar-refractivity contribution in [3.8, 4) is 5.69 Å². The van der Waals surface area contributed by atoms with Gasteiger partial charge in [0.2, 0.25) is 0 Å². The van der Waals surface area contributed by atoms with Crippen LogP contribution in [0.5, 0.6) is 0 Å². The smallest absolute Gasteiger partial charge is 0.381 e. The number of nitrogens with zero attached hydrogens (tertiary/aromatic N) is 1. The lowest BCUT2D eigenvalue weighted by Gasteiger charge is -2.38. The van der Waals surface area contributed by atoms with E-state index in [9.17, 15) is 17.6 Å². The topological polar surface area (TPSA) is 14.2 Å². The summed E-state index contributed by atoms with van der Waals surface area (Å²) in [4.78, 5) is 0. The third-order valence-electron chi connectivity index (χ3n) is 6.73. The number of hydrogen-bond donors (Lipinski definition) is 0. The highest BCUT2D eigenvalue weighted by atomic mass is 35.5. The summed E-state index contributed by atoms with van der Waals surface area (Å²) in [6.07, 6.45) is -2.34. The molecule has 2 heterocycles. The highest BCUT2D eigenvalue weighted by molar-refractivity contribution is 6.30. The molecule has 0 bridgehead atoms. The Labute approximate surface area is 182 Å². The Morgan fingerprint density at radius 3 is 2.35 bits per heavy atom. The van der Waals surface area contributed by atoms with Gasteiger partial charge in [0, 0.05) is 35.9 Å². The van der Waals surface area contributed by atoms with Crippen LogP contribution in [0.25, 0.3) is 16.6 Å². The van der Waals surface area contributed by atoms with E-state index in [2.05, 4.69) is 4.57 Å². The maximum atomic E-state index is 13.9. The van der Waals surface area contributed by atoms with Gasteiger partial charge in [0.1, 0.15) is 5.82 Å². The van der Waals surface area contributed by atoms with Crippen molar-refractivity contribution in [2.75, 3.05) is 13.2 Å². The molecule has 164 valence electrons. The number of alkyl halides is 3. The Hall–Kier alpha value is -2.05. The van der Waals surface area contributed by atoms with Crippen molar-refractivity contribution in [2.24, 2.45) is 5.92 Å². The van der Waals surface area contributed by atoms with E-state index in [0.29, 0.717) is 13.2 Å². The molecule has 0 spiro atoms. The number of rotatable bonds is 3. The van der Waals surface area contributed by atoms with Crippen molar-refractivity contribution in [3.05, 3.63) is 64.6 Å². The zero-order valence-corrected chi connectivity index (χ0v) is 17.5. The fourth-order valence-electron chi connectivity index (χ4n) is 5.11. The molecule has 0 unspecified atom stereocenters. The Morgan fingerprint density at radius 1 is 0.968 bits per heavy atom. The molecule has 0 N–H and O–H groups in total.